The molecule has 0 atom stereocenters. The minimum absolute atomic E-state index is 0.137. The van der Waals surface area contributed by atoms with Crippen LogP contribution in [0.25, 0.3) is 43.8 Å². The molecule has 9 heteroatoms. The summed E-state index contributed by atoms with van der Waals surface area (Å²) in [5, 5.41) is 43.3. The molecular formula is C58H61N5O4. The summed E-state index contributed by atoms with van der Waals surface area (Å²) in [5.41, 5.74) is 4.40. The average Bonchev–Trinajstić information content (AvgIpc) is 3.26. The Bertz CT molecular complexity index is 3360. The molecule has 0 unspecified atom stereocenters. The summed E-state index contributed by atoms with van der Waals surface area (Å²) in [7, 11) is 0. The van der Waals surface area contributed by atoms with Crippen LogP contribution in [0, 0.1) is 23.7 Å². The quantitative estimate of drug-likeness (QED) is 0.157. The highest BCUT2D eigenvalue weighted by Gasteiger charge is 2.44. The molecule has 0 spiro atoms. The molecule has 10 rings (SSSR count). The van der Waals surface area contributed by atoms with E-state index in [2.05, 4.69) is 106 Å². The Kier molecular flexibility index (Phi) is 10.7. The van der Waals surface area contributed by atoms with Gasteiger partial charge in [0.05, 0.1) is 32.6 Å². The zero-order chi connectivity index (χ0) is 47.3. The number of nitrogens with zero attached hydrogens (tertiary/aromatic N) is 1. The van der Waals surface area contributed by atoms with Gasteiger partial charge in [-0.1, -0.05) is 122 Å². The first-order valence-electron chi connectivity index (χ1n) is 24.2. The fraction of sp³-hybridized carbons (Fsp3) is 0.345. The molecule has 5 aromatic rings. The summed E-state index contributed by atoms with van der Waals surface area (Å²) in [6.07, 6.45) is 8.77. The van der Waals surface area contributed by atoms with Crippen LogP contribution in [0.1, 0.15) is 99.1 Å². The fourth-order valence-corrected chi connectivity index (χ4v) is 11.9. The van der Waals surface area contributed by atoms with Crippen molar-refractivity contribution in [1.82, 2.24) is 0 Å². The molecule has 5 aliphatic rings. The number of benzene rings is 5. The van der Waals surface area contributed by atoms with Crippen LogP contribution in [0.3, 0.4) is 0 Å². The van der Waals surface area contributed by atoms with Gasteiger partial charge in [-0.2, -0.15) is 0 Å². The van der Waals surface area contributed by atoms with Gasteiger partial charge in [0.15, 0.2) is 11.6 Å². The van der Waals surface area contributed by atoms with Crippen LogP contribution in [0.5, 0.6) is 0 Å². The lowest BCUT2D eigenvalue weighted by Crippen LogP contribution is -2.96. The molecule has 9 nitrogen and oxygen atoms in total. The Morgan fingerprint density at radius 1 is 0.612 bits per heavy atom. The van der Waals surface area contributed by atoms with Gasteiger partial charge in [-0.3, -0.25) is 9.59 Å². The highest BCUT2D eigenvalue weighted by atomic mass is 16.3. The van der Waals surface area contributed by atoms with Crippen molar-refractivity contribution in [3.63, 3.8) is 0 Å². The first-order valence-corrected chi connectivity index (χ1v) is 24.2. The van der Waals surface area contributed by atoms with Gasteiger partial charge in [0.25, 0.3) is 0 Å². The van der Waals surface area contributed by atoms with E-state index in [1.54, 1.807) is 6.08 Å². The second-order valence-corrected chi connectivity index (χ2v) is 21.1. The van der Waals surface area contributed by atoms with Crippen molar-refractivity contribution in [2.24, 2.45) is 23.7 Å². The predicted molar refractivity (Wildman–Crippen MR) is 264 cm³/mol. The van der Waals surface area contributed by atoms with Crippen LogP contribution in [0.4, 0.5) is 17.1 Å². The highest BCUT2D eigenvalue weighted by Crippen LogP contribution is 2.43. The van der Waals surface area contributed by atoms with E-state index in [0.717, 1.165) is 68.8 Å². The molecule has 3 heterocycles. The van der Waals surface area contributed by atoms with Gasteiger partial charge >= 0.3 is 0 Å². The Morgan fingerprint density at radius 2 is 1.18 bits per heavy atom. The van der Waals surface area contributed by atoms with E-state index in [1.807, 2.05) is 72.9 Å². The number of hydrogen-bond acceptors (Lipinski definition) is 7. The molecular weight excluding hydrogens is 831 g/mol. The molecule has 5 aromatic carbocycles. The minimum Gasteiger partial charge on any atom is -0.871 e. The molecule has 3 aliphatic heterocycles. The van der Waals surface area contributed by atoms with Gasteiger partial charge in [-0.15, -0.1) is 0 Å². The van der Waals surface area contributed by atoms with Crippen molar-refractivity contribution in [1.29, 1.82) is 0 Å². The number of allylic oxidation sites excluding steroid dienone is 7. The largest absolute Gasteiger partial charge is 0.871 e. The molecule has 2 aliphatic carbocycles. The van der Waals surface area contributed by atoms with Crippen LogP contribution in [-0.4, -0.2) is 29.4 Å². The highest BCUT2D eigenvalue weighted by molar-refractivity contribution is 6.52. The van der Waals surface area contributed by atoms with E-state index in [0.29, 0.717) is 51.7 Å². The van der Waals surface area contributed by atoms with Crippen molar-refractivity contribution in [2.45, 2.75) is 99.3 Å². The summed E-state index contributed by atoms with van der Waals surface area (Å²) in [4.78, 5) is 39.2. The second-order valence-electron chi connectivity index (χ2n) is 21.1. The van der Waals surface area contributed by atoms with E-state index in [-0.39, 0.29) is 57.2 Å². The van der Waals surface area contributed by atoms with Gasteiger partial charge < -0.3 is 25.7 Å². The van der Waals surface area contributed by atoms with Crippen molar-refractivity contribution >= 4 is 72.5 Å². The smallest absolute Gasteiger partial charge is 0.235 e. The number of nitrogens with one attached hydrogen (secondary N) is 4. The van der Waals surface area contributed by atoms with Crippen LogP contribution in [0.2, 0.25) is 0 Å². The first kappa shape index (κ1) is 44.1. The Labute approximate surface area is 392 Å². The number of anilines is 3. The SMILES string of the molecule is CCN1C=C/C(=C\C2=C([O-])C(=c3\ccc4ccc(C5=C([O-])/C(=c6\ccc7cccc8c7c6=[NH+]C(CC(C)C)(CC(C)C)N8)C5=O)c5c4c3=[NH+]C(CC(C)C)(CC(C)C)N5)/C2=O)c2ccccc21. The third-order valence-electron chi connectivity index (χ3n) is 14.0. The number of Topliss-reactive ketones (excluding diaryl/α,β-unsaturated/α-hetero) is 2. The predicted octanol–water partition coefficient (Wildman–Crippen LogP) is 4.11. The molecule has 0 aromatic heterocycles. The van der Waals surface area contributed by atoms with Gasteiger partial charge in [0.2, 0.25) is 22.0 Å². The van der Waals surface area contributed by atoms with Gasteiger partial charge in [0.1, 0.15) is 0 Å². The number of carbonyl (C=O) groups is 2. The number of fused-ring (bicyclic) bond motifs is 1. The molecule has 0 saturated carbocycles. The number of carbonyl (C=O) groups excluding carboxylic acids is 2. The van der Waals surface area contributed by atoms with Crippen molar-refractivity contribution < 1.29 is 29.8 Å². The molecule has 0 radical (unpaired) electrons. The van der Waals surface area contributed by atoms with Crippen molar-refractivity contribution in [3.8, 4) is 0 Å². The number of ketones is 2. The first-order chi connectivity index (χ1) is 32.0. The van der Waals surface area contributed by atoms with Crippen LogP contribution >= 0.6 is 0 Å². The molecule has 0 fully saturated rings. The lowest BCUT2D eigenvalue weighted by molar-refractivity contribution is -0.589. The summed E-state index contributed by atoms with van der Waals surface area (Å²) in [5.74, 6) is 0.0417. The maximum absolute atomic E-state index is 15.0. The molecule has 0 bridgehead atoms. The lowest BCUT2D eigenvalue weighted by atomic mass is 9.78. The third-order valence-corrected chi connectivity index (χ3v) is 14.0. The van der Waals surface area contributed by atoms with E-state index in [1.165, 1.54) is 0 Å². The Hall–Kier alpha value is -6.74. The summed E-state index contributed by atoms with van der Waals surface area (Å²) in [6, 6.07) is 25.8. The zero-order valence-corrected chi connectivity index (χ0v) is 40.2. The fourth-order valence-electron chi connectivity index (χ4n) is 11.9. The Morgan fingerprint density at radius 3 is 1.78 bits per heavy atom. The summed E-state index contributed by atoms with van der Waals surface area (Å²) >= 11 is 0. The third kappa shape index (κ3) is 7.20. The van der Waals surface area contributed by atoms with E-state index in [4.69, 9.17) is 0 Å². The molecule has 0 amide bonds. The van der Waals surface area contributed by atoms with E-state index < -0.39 is 11.3 Å². The zero-order valence-electron chi connectivity index (χ0n) is 40.2. The van der Waals surface area contributed by atoms with Crippen LogP contribution < -0.4 is 56.9 Å². The minimum atomic E-state index is -0.726. The van der Waals surface area contributed by atoms with Crippen molar-refractivity contribution in [3.05, 3.63) is 147 Å². The van der Waals surface area contributed by atoms with Gasteiger partial charge in [-0.05, 0) is 83.4 Å². The van der Waals surface area contributed by atoms with Gasteiger partial charge in [0, 0.05) is 77.5 Å². The van der Waals surface area contributed by atoms with Crippen molar-refractivity contribution in [2.75, 3.05) is 22.1 Å². The number of rotatable bonds is 11. The molecule has 4 N–H and O–H groups in total. The lowest BCUT2D eigenvalue weighted by Gasteiger charge is -2.37. The Balaban J connectivity index is 1.20. The molecule has 342 valence electrons. The van der Waals surface area contributed by atoms with E-state index >= 15 is 0 Å². The number of para-hydroxylation sites is 1. The topological polar surface area (TPSA) is 136 Å². The maximum Gasteiger partial charge on any atom is 0.235 e. The second kappa shape index (κ2) is 16.2. The standard InChI is InChI=1S/C58H61N5O4/c1-10-63-25-24-37(38-15-11-12-17-44(38)63)26-42-53(64)47(54(42)65)39-22-19-36-20-23-41(52-46(36)51(39)61-58(62-52,29-33(6)7)30-34(8)9)49-55(66)48(56(49)67)40-21-18-35-14-13-16-43-45(35)50(40)60-57(59-43,27-31(2)3)28-32(4)5/h11-26,31-34,59,62,64,66H,10,27-30H2,1-9H3/b37-26+,47-39-,48-40-. The van der Waals surface area contributed by atoms with Gasteiger partial charge in [-0.25, -0.2) is 9.98 Å². The van der Waals surface area contributed by atoms with E-state index in [9.17, 15) is 19.8 Å². The normalized spacial score (nSPS) is 20.1. The number of hydrogen-bond donors (Lipinski definition) is 4. The average molecular weight is 892 g/mol. The summed E-state index contributed by atoms with van der Waals surface area (Å²) in [6.45, 7) is 20.4. The van der Waals surface area contributed by atoms with Crippen LogP contribution in [-0.2, 0) is 9.59 Å². The maximum atomic E-state index is 15.0. The molecule has 0 saturated heterocycles. The summed E-state index contributed by atoms with van der Waals surface area (Å²) < 4.78 is 0. The molecule has 67 heavy (non-hydrogen) atoms. The van der Waals surface area contributed by atoms with Crippen LogP contribution in [0.15, 0.2) is 114 Å². The monoisotopic (exact) mass is 891 g/mol.